The van der Waals surface area contributed by atoms with E-state index in [0.29, 0.717) is 55.6 Å². The standard InChI is InChI=1S/C20H23F3N6O2/c21-12-2-1-3-28(8-12)20-26-15(11-4-16(31-19(22)23)18(24)25-7-11)6-17(27-20)29-9-14-5-13(29)10-30-14/h4,6-7,12-14,19H,1-3,5,8-10H2,(H2,24,25). The van der Waals surface area contributed by atoms with Crippen LogP contribution < -0.4 is 20.3 Å². The number of nitrogen functional groups attached to an aromatic ring is 1. The van der Waals surface area contributed by atoms with Gasteiger partial charge in [-0.2, -0.15) is 13.8 Å². The van der Waals surface area contributed by atoms with E-state index < -0.39 is 12.8 Å². The van der Waals surface area contributed by atoms with Crippen LogP contribution in [-0.2, 0) is 4.74 Å². The summed E-state index contributed by atoms with van der Waals surface area (Å²) in [4.78, 5) is 17.3. The molecule has 0 aromatic carbocycles. The van der Waals surface area contributed by atoms with E-state index in [9.17, 15) is 13.2 Å². The summed E-state index contributed by atoms with van der Waals surface area (Å²) >= 11 is 0. The number of nitrogens with two attached hydrogens (primary N) is 1. The first-order chi connectivity index (χ1) is 15.0. The molecule has 0 amide bonds. The third-order valence-electron chi connectivity index (χ3n) is 5.94. The lowest BCUT2D eigenvalue weighted by atomic mass is 10.1. The topological polar surface area (TPSA) is 89.6 Å². The van der Waals surface area contributed by atoms with Crippen molar-refractivity contribution in [3.63, 3.8) is 0 Å². The molecule has 2 aromatic heterocycles. The fourth-order valence-electron chi connectivity index (χ4n) is 4.43. The van der Waals surface area contributed by atoms with Gasteiger partial charge in [0.2, 0.25) is 5.95 Å². The molecule has 8 nitrogen and oxygen atoms in total. The predicted octanol–water partition coefficient (Wildman–Crippen LogP) is 2.64. The van der Waals surface area contributed by atoms with Crippen molar-refractivity contribution in [2.24, 2.45) is 0 Å². The molecule has 3 saturated heterocycles. The Balaban J connectivity index is 1.54. The smallest absolute Gasteiger partial charge is 0.387 e. The molecule has 5 heterocycles. The van der Waals surface area contributed by atoms with Crippen molar-refractivity contribution in [1.29, 1.82) is 0 Å². The number of morpholine rings is 1. The Morgan fingerprint density at radius 3 is 2.81 bits per heavy atom. The molecule has 166 valence electrons. The number of anilines is 3. The largest absolute Gasteiger partial charge is 0.431 e. The van der Waals surface area contributed by atoms with Crippen molar-refractivity contribution in [3.8, 4) is 17.0 Å². The minimum atomic E-state index is -3.02. The van der Waals surface area contributed by atoms with E-state index in [1.165, 1.54) is 12.3 Å². The maximum atomic E-state index is 14.0. The van der Waals surface area contributed by atoms with E-state index in [1.807, 2.05) is 4.90 Å². The number of alkyl halides is 3. The van der Waals surface area contributed by atoms with E-state index in [2.05, 4.69) is 19.6 Å². The van der Waals surface area contributed by atoms with Crippen LogP contribution in [0, 0.1) is 0 Å². The molecule has 0 spiro atoms. The molecule has 11 heteroatoms. The highest BCUT2D eigenvalue weighted by atomic mass is 19.3. The van der Waals surface area contributed by atoms with Crippen molar-refractivity contribution in [3.05, 3.63) is 18.3 Å². The number of ether oxygens (including phenoxy) is 2. The second-order valence-corrected chi connectivity index (χ2v) is 8.08. The van der Waals surface area contributed by atoms with E-state index in [4.69, 9.17) is 15.5 Å². The van der Waals surface area contributed by atoms with E-state index in [-0.39, 0.29) is 30.3 Å². The third kappa shape index (κ3) is 4.06. The summed E-state index contributed by atoms with van der Waals surface area (Å²) in [6.45, 7) is -0.807. The first kappa shape index (κ1) is 20.1. The Labute approximate surface area is 177 Å². The first-order valence-corrected chi connectivity index (χ1v) is 10.3. The Kier molecular flexibility index (Phi) is 5.20. The zero-order chi connectivity index (χ0) is 21.5. The van der Waals surface area contributed by atoms with E-state index in [0.717, 1.165) is 6.42 Å². The van der Waals surface area contributed by atoms with Crippen molar-refractivity contribution < 1.29 is 22.6 Å². The van der Waals surface area contributed by atoms with Crippen molar-refractivity contribution in [2.45, 2.75) is 44.2 Å². The van der Waals surface area contributed by atoms with Gasteiger partial charge in [0.15, 0.2) is 11.6 Å². The van der Waals surface area contributed by atoms with Gasteiger partial charge in [-0.3, -0.25) is 0 Å². The summed E-state index contributed by atoms with van der Waals surface area (Å²) in [5.74, 6) is 0.755. The molecule has 3 fully saturated rings. The van der Waals surface area contributed by atoms with Crippen LogP contribution in [0.4, 0.5) is 30.8 Å². The summed E-state index contributed by atoms with van der Waals surface area (Å²) in [5, 5.41) is 0. The average molecular weight is 436 g/mol. The molecular formula is C20H23F3N6O2. The van der Waals surface area contributed by atoms with Crippen LogP contribution in [0.15, 0.2) is 18.3 Å². The van der Waals surface area contributed by atoms with Gasteiger partial charge in [-0.1, -0.05) is 0 Å². The highest BCUT2D eigenvalue weighted by Crippen LogP contribution is 2.35. The van der Waals surface area contributed by atoms with Gasteiger partial charge in [0.05, 0.1) is 31.0 Å². The molecule has 2 aromatic rings. The van der Waals surface area contributed by atoms with Crippen LogP contribution >= 0.6 is 0 Å². The molecule has 0 aliphatic carbocycles. The Hall–Kier alpha value is -2.82. The molecule has 3 atom stereocenters. The number of hydrogen-bond acceptors (Lipinski definition) is 8. The van der Waals surface area contributed by atoms with Gasteiger partial charge in [0.1, 0.15) is 12.0 Å². The highest BCUT2D eigenvalue weighted by Gasteiger charge is 2.40. The van der Waals surface area contributed by atoms with Crippen molar-refractivity contribution in [2.75, 3.05) is 41.8 Å². The number of piperidine rings is 1. The second kappa shape index (κ2) is 8.03. The summed E-state index contributed by atoms with van der Waals surface area (Å²) in [6.07, 6.45) is 2.85. The average Bonchev–Trinajstić information content (AvgIpc) is 3.38. The normalized spacial score (nSPS) is 25.5. The second-order valence-electron chi connectivity index (χ2n) is 8.08. The minimum absolute atomic E-state index is 0.135. The molecule has 3 unspecified atom stereocenters. The molecule has 3 aliphatic rings. The Morgan fingerprint density at radius 2 is 2.10 bits per heavy atom. The van der Waals surface area contributed by atoms with Gasteiger partial charge >= 0.3 is 6.61 Å². The number of pyridine rings is 1. The summed E-state index contributed by atoms with van der Waals surface area (Å²) in [6, 6.07) is 3.40. The van der Waals surface area contributed by atoms with Gasteiger partial charge in [0, 0.05) is 30.9 Å². The van der Waals surface area contributed by atoms with E-state index in [1.54, 1.807) is 6.07 Å². The molecule has 31 heavy (non-hydrogen) atoms. The SMILES string of the molecule is Nc1ncc(-c2cc(N3CC4CC3CO4)nc(N3CCCC(F)C3)n2)cc1OC(F)F. The van der Waals surface area contributed by atoms with Crippen LogP contribution in [0.2, 0.25) is 0 Å². The number of nitrogens with zero attached hydrogens (tertiary/aromatic N) is 5. The quantitative estimate of drug-likeness (QED) is 0.765. The number of hydrogen-bond donors (Lipinski definition) is 1. The van der Waals surface area contributed by atoms with Gasteiger partial charge in [0.25, 0.3) is 0 Å². The fourth-order valence-corrected chi connectivity index (χ4v) is 4.43. The summed E-state index contributed by atoms with van der Waals surface area (Å²) in [5.41, 5.74) is 6.62. The Morgan fingerprint density at radius 1 is 1.23 bits per heavy atom. The van der Waals surface area contributed by atoms with Gasteiger partial charge in [-0.25, -0.2) is 14.4 Å². The van der Waals surface area contributed by atoms with Crippen LogP contribution in [0.1, 0.15) is 19.3 Å². The zero-order valence-corrected chi connectivity index (χ0v) is 16.8. The van der Waals surface area contributed by atoms with Crippen LogP contribution in [0.25, 0.3) is 11.3 Å². The lowest BCUT2D eigenvalue weighted by Gasteiger charge is -2.32. The molecule has 2 bridgehead atoms. The highest BCUT2D eigenvalue weighted by molar-refractivity contribution is 5.68. The molecular weight excluding hydrogens is 413 g/mol. The van der Waals surface area contributed by atoms with Gasteiger partial charge < -0.3 is 25.0 Å². The molecule has 2 N–H and O–H groups in total. The molecule has 0 radical (unpaired) electrons. The maximum absolute atomic E-state index is 14.0. The number of rotatable bonds is 5. The van der Waals surface area contributed by atoms with Crippen molar-refractivity contribution >= 4 is 17.6 Å². The number of aromatic nitrogens is 3. The summed E-state index contributed by atoms with van der Waals surface area (Å²) < 4.78 is 49.7. The van der Waals surface area contributed by atoms with Crippen LogP contribution in [-0.4, -0.2) is 66.1 Å². The number of fused-ring (bicyclic) bond motifs is 2. The van der Waals surface area contributed by atoms with Crippen molar-refractivity contribution in [1.82, 2.24) is 15.0 Å². The Bertz CT molecular complexity index is 965. The molecule has 3 aliphatic heterocycles. The maximum Gasteiger partial charge on any atom is 0.387 e. The third-order valence-corrected chi connectivity index (χ3v) is 5.94. The summed E-state index contributed by atoms with van der Waals surface area (Å²) in [7, 11) is 0. The molecule has 5 rings (SSSR count). The fraction of sp³-hybridized carbons (Fsp3) is 0.550. The van der Waals surface area contributed by atoms with Gasteiger partial charge in [-0.15, -0.1) is 0 Å². The van der Waals surface area contributed by atoms with Crippen LogP contribution in [0.3, 0.4) is 0 Å². The zero-order valence-electron chi connectivity index (χ0n) is 16.8. The lowest BCUT2D eigenvalue weighted by molar-refractivity contribution is -0.0494. The molecule has 0 saturated carbocycles. The minimum Gasteiger partial charge on any atom is -0.431 e. The van der Waals surface area contributed by atoms with E-state index >= 15 is 0 Å². The lowest BCUT2D eigenvalue weighted by Crippen LogP contribution is -2.39. The monoisotopic (exact) mass is 436 g/mol. The van der Waals surface area contributed by atoms with Gasteiger partial charge in [-0.05, 0) is 25.3 Å². The predicted molar refractivity (Wildman–Crippen MR) is 108 cm³/mol. The number of halogens is 3. The van der Waals surface area contributed by atoms with Crippen LogP contribution in [0.5, 0.6) is 5.75 Å². The first-order valence-electron chi connectivity index (χ1n) is 10.3.